The number of carbonyl (C=O) groups is 1. The Morgan fingerprint density at radius 1 is 1.12 bits per heavy atom. The minimum atomic E-state index is -0.322. The van der Waals surface area contributed by atoms with Crippen LogP contribution in [0, 0.1) is 12.7 Å². The van der Waals surface area contributed by atoms with Gasteiger partial charge in [0.05, 0.1) is 10.6 Å². The van der Waals surface area contributed by atoms with Crippen molar-refractivity contribution in [2.24, 2.45) is 0 Å². The summed E-state index contributed by atoms with van der Waals surface area (Å²) in [6.45, 7) is 2.30. The minimum absolute atomic E-state index is 0.258. The van der Waals surface area contributed by atoms with E-state index >= 15 is 0 Å². The highest BCUT2D eigenvalue weighted by Crippen LogP contribution is 2.31. The standard InChI is InChI=1S/C26H21ClFN5O/c1-16-5-7-20-23(13-29-25(20)9-16)22(17-3-2-4-18(28)10-17)12-30-26(34)21-8-6-19(11-24(21)27)33-14-31-32-15-33/h2-11,13-15,22,29H,12H2,1H3,(H,30,34)/t22-/m1/s1. The van der Waals surface area contributed by atoms with E-state index < -0.39 is 0 Å². The van der Waals surface area contributed by atoms with Crippen LogP contribution in [-0.2, 0) is 0 Å². The maximum atomic E-state index is 14.1. The fourth-order valence-corrected chi connectivity index (χ4v) is 4.41. The largest absolute Gasteiger partial charge is 0.361 e. The molecular formula is C26H21ClFN5O. The Bertz CT molecular complexity index is 1480. The summed E-state index contributed by atoms with van der Waals surface area (Å²) in [7, 11) is 0. The molecule has 2 N–H and O–H groups in total. The number of hydrogen-bond donors (Lipinski definition) is 2. The molecule has 0 saturated carbocycles. The van der Waals surface area contributed by atoms with Gasteiger partial charge < -0.3 is 10.3 Å². The maximum Gasteiger partial charge on any atom is 0.252 e. The lowest BCUT2D eigenvalue weighted by Gasteiger charge is -2.19. The smallest absolute Gasteiger partial charge is 0.252 e. The number of nitrogens with one attached hydrogen (secondary N) is 2. The first-order valence-electron chi connectivity index (χ1n) is 10.8. The van der Waals surface area contributed by atoms with Gasteiger partial charge in [-0.3, -0.25) is 9.36 Å². The predicted octanol–water partition coefficient (Wildman–Crippen LogP) is 5.41. The SMILES string of the molecule is Cc1ccc2c([C@H](CNC(=O)c3ccc(-n4cnnc4)cc3Cl)c3cccc(F)c3)c[nH]c2c1. The van der Waals surface area contributed by atoms with Crippen LogP contribution in [0.4, 0.5) is 4.39 Å². The minimum Gasteiger partial charge on any atom is -0.361 e. The summed E-state index contributed by atoms with van der Waals surface area (Å²) in [5.74, 6) is -0.888. The zero-order valence-corrected chi connectivity index (χ0v) is 19.1. The molecule has 8 heteroatoms. The Hall–Kier alpha value is -3.97. The Morgan fingerprint density at radius 2 is 1.94 bits per heavy atom. The number of carbonyl (C=O) groups excluding carboxylic acids is 1. The molecular weight excluding hydrogens is 453 g/mol. The van der Waals surface area contributed by atoms with E-state index in [2.05, 4.69) is 26.6 Å². The highest BCUT2D eigenvalue weighted by Gasteiger charge is 2.21. The molecule has 5 rings (SSSR count). The fraction of sp³-hybridized carbons (Fsp3) is 0.115. The van der Waals surface area contributed by atoms with E-state index in [1.165, 1.54) is 12.1 Å². The number of amides is 1. The van der Waals surface area contributed by atoms with Gasteiger partial charge in [-0.15, -0.1) is 10.2 Å². The molecule has 5 aromatic rings. The second-order valence-corrected chi connectivity index (χ2v) is 8.55. The molecule has 0 unspecified atom stereocenters. The number of aryl methyl sites for hydroxylation is 1. The molecule has 0 bridgehead atoms. The van der Waals surface area contributed by atoms with Crippen LogP contribution in [0.5, 0.6) is 0 Å². The average molecular weight is 474 g/mol. The van der Waals surface area contributed by atoms with Crippen LogP contribution in [0.2, 0.25) is 5.02 Å². The van der Waals surface area contributed by atoms with Gasteiger partial charge in [0, 0.05) is 35.2 Å². The summed E-state index contributed by atoms with van der Waals surface area (Å²) in [4.78, 5) is 16.3. The highest BCUT2D eigenvalue weighted by molar-refractivity contribution is 6.34. The third-order valence-electron chi connectivity index (χ3n) is 5.88. The predicted molar refractivity (Wildman–Crippen MR) is 130 cm³/mol. The second-order valence-electron chi connectivity index (χ2n) is 8.14. The number of benzene rings is 3. The van der Waals surface area contributed by atoms with Crippen LogP contribution >= 0.6 is 11.6 Å². The Labute approximate surface area is 200 Å². The van der Waals surface area contributed by atoms with Crippen LogP contribution in [0.1, 0.15) is 33.0 Å². The van der Waals surface area contributed by atoms with Crippen molar-refractivity contribution in [3.63, 3.8) is 0 Å². The lowest BCUT2D eigenvalue weighted by molar-refractivity contribution is 0.0952. The van der Waals surface area contributed by atoms with E-state index in [0.29, 0.717) is 10.6 Å². The van der Waals surface area contributed by atoms with E-state index in [1.807, 2.05) is 31.3 Å². The molecule has 0 radical (unpaired) electrons. The third kappa shape index (κ3) is 4.30. The number of H-pyrrole nitrogens is 1. The molecule has 170 valence electrons. The number of fused-ring (bicyclic) bond motifs is 1. The molecule has 2 aromatic heterocycles. The lowest BCUT2D eigenvalue weighted by Crippen LogP contribution is -2.29. The van der Waals surface area contributed by atoms with Crippen LogP contribution in [0.3, 0.4) is 0 Å². The number of aromatic amines is 1. The van der Waals surface area contributed by atoms with Crippen molar-refractivity contribution in [1.29, 1.82) is 0 Å². The molecule has 1 atom stereocenters. The van der Waals surface area contributed by atoms with E-state index in [1.54, 1.807) is 41.5 Å². The molecule has 3 aromatic carbocycles. The Morgan fingerprint density at radius 3 is 2.71 bits per heavy atom. The van der Waals surface area contributed by atoms with Crippen LogP contribution in [-0.4, -0.2) is 32.2 Å². The fourth-order valence-electron chi connectivity index (χ4n) is 4.15. The van der Waals surface area contributed by atoms with Gasteiger partial charge in [-0.1, -0.05) is 35.9 Å². The van der Waals surface area contributed by atoms with E-state index in [0.717, 1.165) is 33.3 Å². The van der Waals surface area contributed by atoms with Crippen molar-refractivity contribution in [3.8, 4) is 5.69 Å². The van der Waals surface area contributed by atoms with Gasteiger partial charge in [0.1, 0.15) is 18.5 Å². The summed E-state index contributed by atoms with van der Waals surface area (Å²) in [6.07, 6.45) is 5.03. The van der Waals surface area contributed by atoms with Crippen LogP contribution < -0.4 is 5.32 Å². The molecule has 0 saturated heterocycles. The summed E-state index contributed by atoms with van der Waals surface area (Å²) >= 11 is 6.42. The van der Waals surface area contributed by atoms with Crippen molar-refractivity contribution in [2.75, 3.05) is 6.54 Å². The molecule has 2 heterocycles. The Balaban J connectivity index is 1.43. The molecule has 0 fully saturated rings. The van der Waals surface area contributed by atoms with Gasteiger partial charge in [-0.25, -0.2) is 4.39 Å². The summed E-state index contributed by atoms with van der Waals surface area (Å²) in [5.41, 5.74) is 4.99. The van der Waals surface area contributed by atoms with Crippen LogP contribution in [0.15, 0.2) is 79.5 Å². The van der Waals surface area contributed by atoms with E-state index in [-0.39, 0.29) is 24.2 Å². The number of nitrogens with zero attached hydrogens (tertiary/aromatic N) is 3. The normalized spacial score (nSPS) is 12.1. The van der Waals surface area contributed by atoms with E-state index in [9.17, 15) is 9.18 Å². The third-order valence-corrected chi connectivity index (χ3v) is 6.19. The molecule has 0 aliphatic carbocycles. The van der Waals surface area contributed by atoms with E-state index in [4.69, 9.17) is 11.6 Å². The summed E-state index contributed by atoms with van der Waals surface area (Å²) in [6, 6.07) is 17.7. The van der Waals surface area contributed by atoms with Crippen molar-refractivity contribution in [2.45, 2.75) is 12.8 Å². The summed E-state index contributed by atoms with van der Waals surface area (Å²) in [5, 5.41) is 11.9. The first-order chi connectivity index (χ1) is 16.5. The molecule has 0 spiro atoms. The molecule has 6 nitrogen and oxygen atoms in total. The molecule has 1 amide bonds. The molecule has 34 heavy (non-hydrogen) atoms. The summed E-state index contributed by atoms with van der Waals surface area (Å²) < 4.78 is 15.8. The van der Waals surface area contributed by atoms with Crippen molar-refractivity contribution >= 4 is 28.4 Å². The van der Waals surface area contributed by atoms with Gasteiger partial charge >= 0.3 is 0 Å². The number of rotatable bonds is 6. The first-order valence-corrected chi connectivity index (χ1v) is 11.1. The molecule has 0 aliphatic heterocycles. The molecule has 0 aliphatic rings. The van der Waals surface area contributed by atoms with Gasteiger partial charge in [0.15, 0.2) is 0 Å². The second kappa shape index (κ2) is 9.11. The van der Waals surface area contributed by atoms with Crippen molar-refractivity contribution in [3.05, 3.63) is 113 Å². The number of hydrogen-bond acceptors (Lipinski definition) is 3. The van der Waals surface area contributed by atoms with Crippen LogP contribution in [0.25, 0.3) is 16.6 Å². The number of aromatic nitrogens is 4. The van der Waals surface area contributed by atoms with Gasteiger partial charge in [-0.05, 0) is 60.0 Å². The zero-order chi connectivity index (χ0) is 23.7. The maximum absolute atomic E-state index is 14.1. The monoisotopic (exact) mass is 473 g/mol. The Kier molecular flexibility index (Phi) is 5.86. The van der Waals surface area contributed by atoms with Gasteiger partial charge in [0.25, 0.3) is 5.91 Å². The first kappa shape index (κ1) is 21.9. The highest BCUT2D eigenvalue weighted by atomic mass is 35.5. The topological polar surface area (TPSA) is 75.6 Å². The van der Waals surface area contributed by atoms with Crippen molar-refractivity contribution in [1.82, 2.24) is 25.1 Å². The average Bonchev–Trinajstić information content (AvgIpc) is 3.49. The lowest BCUT2D eigenvalue weighted by atomic mass is 9.90. The number of halogens is 2. The van der Waals surface area contributed by atoms with Crippen molar-refractivity contribution < 1.29 is 9.18 Å². The van der Waals surface area contributed by atoms with Gasteiger partial charge in [0.2, 0.25) is 0 Å². The quantitative estimate of drug-likeness (QED) is 0.346. The zero-order valence-electron chi connectivity index (χ0n) is 18.3. The van der Waals surface area contributed by atoms with Gasteiger partial charge in [-0.2, -0.15) is 0 Å².